The number of ether oxygens (including phenoxy) is 1. The zero-order valence-corrected chi connectivity index (χ0v) is 9.73. The highest BCUT2D eigenvalue weighted by Crippen LogP contribution is 2.17. The number of rotatable bonds is 3. The van der Waals surface area contributed by atoms with Crippen molar-refractivity contribution in [3.05, 3.63) is 0 Å². The molecule has 5 heteroatoms. The van der Waals surface area contributed by atoms with Crippen LogP contribution in [0.5, 0.6) is 0 Å². The third kappa shape index (κ3) is 2.10. The average molecular weight is 226 g/mol. The lowest BCUT2D eigenvalue weighted by Gasteiger charge is -2.20. The van der Waals surface area contributed by atoms with E-state index in [1.807, 2.05) is 13.8 Å². The van der Waals surface area contributed by atoms with E-state index in [1.165, 1.54) is 4.90 Å². The maximum absolute atomic E-state index is 11.9. The van der Waals surface area contributed by atoms with E-state index < -0.39 is 0 Å². The summed E-state index contributed by atoms with van der Waals surface area (Å²) < 4.78 is 5.23. The third-order valence-electron chi connectivity index (χ3n) is 3.07. The Kier molecular flexibility index (Phi) is 3.25. The monoisotopic (exact) mass is 226 g/mol. The van der Waals surface area contributed by atoms with Crippen molar-refractivity contribution in [2.75, 3.05) is 13.2 Å². The summed E-state index contributed by atoms with van der Waals surface area (Å²) in [6.45, 7) is 5.09. The van der Waals surface area contributed by atoms with Crippen molar-refractivity contribution >= 4 is 11.8 Å². The van der Waals surface area contributed by atoms with E-state index in [-0.39, 0.29) is 36.4 Å². The SMILES string of the molecule is CC(C)N1C(=O)CC(NC2CCOC2)C1=O. The lowest BCUT2D eigenvalue weighted by molar-refractivity contribution is -0.140. The summed E-state index contributed by atoms with van der Waals surface area (Å²) in [5, 5.41) is 3.21. The first-order valence-corrected chi connectivity index (χ1v) is 5.79. The summed E-state index contributed by atoms with van der Waals surface area (Å²) in [6, 6.07) is -0.179. The Bertz CT molecular complexity index is 298. The van der Waals surface area contributed by atoms with Crippen LogP contribution in [-0.2, 0) is 14.3 Å². The van der Waals surface area contributed by atoms with Crippen molar-refractivity contribution in [2.45, 2.75) is 44.8 Å². The summed E-state index contributed by atoms with van der Waals surface area (Å²) in [6.07, 6.45) is 1.20. The van der Waals surface area contributed by atoms with E-state index in [0.717, 1.165) is 13.0 Å². The van der Waals surface area contributed by atoms with E-state index in [1.54, 1.807) is 0 Å². The van der Waals surface area contributed by atoms with Crippen LogP contribution in [0.1, 0.15) is 26.7 Å². The van der Waals surface area contributed by atoms with Gasteiger partial charge in [0.1, 0.15) is 0 Å². The molecule has 0 aromatic carbocycles. The molecular weight excluding hydrogens is 208 g/mol. The van der Waals surface area contributed by atoms with Crippen LogP contribution in [0.15, 0.2) is 0 Å². The van der Waals surface area contributed by atoms with Gasteiger partial charge in [0, 0.05) is 18.7 Å². The highest BCUT2D eigenvalue weighted by Gasteiger charge is 2.40. The molecule has 16 heavy (non-hydrogen) atoms. The first-order valence-electron chi connectivity index (χ1n) is 5.79. The van der Waals surface area contributed by atoms with Crippen molar-refractivity contribution in [1.82, 2.24) is 10.2 Å². The Morgan fingerprint density at radius 1 is 1.44 bits per heavy atom. The maximum Gasteiger partial charge on any atom is 0.247 e. The van der Waals surface area contributed by atoms with Crippen molar-refractivity contribution in [1.29, 1.82) is 0 Å². The molecule has 0 bridgehead atoms. The number of hydrogen-bond acceptors (Lipinski definition) is 4. The Morgan fingerprint density at radius 2 is 2.19 bits per heavy atom. The predicted molar refractivity (Wildman–Crippen MR) is 57.8 cm³/mol. The zero-order valence-electron chi connectivity index (χ0n) is 9.73. The molecule has 0 aliphatic carbocycles. The second-order valence-corrected chi connectivity index (χ2v) is 4.68. The molecule has 0 saturated carbocycles. The highest BCUT2D eigenvalue weighted by atomic mass is 16.5. The number of nitrogens with one attached hydrogen (secondary N) is 1. The van der Waals surface area contributed by atoms with Crippen LogP contribution in [0.4, 0.5) is 0 Å². The van der Waals surface area contributed by atoms with Gasteiger partial charge in [-0.1, -0.05) is 0 Å². The lowest BCUT2D eigenvalue weighted by Crippen LogP contribution is -2.45. The molecule has 2 atom stereocenters. The van der Waals surface area contributed by atoms with E-state index >= 15 is 0 Å². The molecule has 0 aromatic heterocycles. The quantitative estimate of drug-likeness (QED) is 0.683. The minimum Gasteiger partial charge on any atom is -0.380 e. The molecule has 2 aliphatic rings. The Hall–Kier alpha value is -0.940. The van der Waals surface area contributed by atoms with Crippen molar-refractivity contribution < 1.29 is 14.3 Å². The fourth-order valence-electron chi connectivity index (χ4n) is 2.27. The smallest absolute Gasteiger partial charge is 0.247 e. The van der Waals surface area contributed by atoms with Crippen LogP contribution in [0.25, 0.3) is 0 Å². The molecule has 5 nitrogen and oxygen atoms in total. The van der Waals surface area contributed by atoms with Crippen molar-refractivity contribution in [3.63, 3.8) is 0 Å². The van der Waals surface area contributed by atoms with Gasteiger partial charge >= 0.3 is 0 Å². The summed E-state index contributed by atoms with van der Waals surface area (Å²) in [7, 11) is 0. The fraction of sp³-hybridized carbons (Fsp3) is 0.818. The van der Waals surface area contributed by atoms with Crippen molar-refractivity contribution in [2.24, 2.45) is 0 Å². The van der Waals surface area contributed by atoms with Gasteiger partial charge in [-0.2, -0.15) is 0 Å². The molecule has 0 radical (unpaired) electrons. The summed E-state index contributed by atoms with van der Waals surface area (Å²) >= 11 is 0. The first kappa shape index (κ1) is 11.5. The normalized spacial score (nSPS) is 30.8. The average Bonchev–Trinajstić information content (AvgIpc) is 2.76. The highest BCUT2D eigenvalue weighted by molar-refractivity contribution is 6.05. The Morgan fingerprint density at radius 3 is 2.69 bits per heavy atom. The van der Waals surface area contributed by atoms with E-state index in [0.29, 0.717) is 6.61 Å². The van der Waals surface area contributed by atoms with Gasteiger partial charge in [-0.3, -0.25) is 14.5 Å². The maximum atomic E-state index is 11.9. The molecule has 2 heterocycles. The first-order chi connectivity index (χ1) is 7.59. The zero-order chi connectivity index (χ0) is 11.7. The minimum absolute atomic E-state index is 0.0494. The molecule has 2 amide bonds. The third-order valence-corrected chi connectivity index (χ3v) is 3.07. The molecule has 0 spiro atoms. The molecule has 2 unspecified atom stereocenters. The van der Waals surface area contributed by atoms with Crippen LogP contribution < -0.4 is 5.32 Å². The number of likely N-dealkylation sites (tertiary alicyclic amines) is 1. The van der Waals surface area contributed by atoms with Crippen LogP contribution in [0.2, 0.25) is 0 Å². The van der Waals surface area contributed by atoms with Crippen LogP contribution in [0, 0.1) is 0 Å². The lowest BCUT2D eigenvalue weighted by atomic mass is 10.2. The van der Waals surface area contributed by atoms with Crippen LogP contribution in [0.3, 0.4) is 0 Å². The second kappa shape index (κ2) is 4.51. The molecule has 0 aromatic rings. The minimum atomic E-state index is -0.346. The van der Waals surface area contributed by atoms with E-state index in [9.17, 15) is 9.59 Å². The fourth-order valence-corrected chi connectivity index (χ4v) is 2.27. The van der Waals surface area contributed by atoms with Gasteiger partial charge in [-0.15, -0.1) is 0 Å². The molecule has 1 N–H and O–H groups in total. The van der Waals surface area contributed by atoms with E-state index in [4.69, 9.17) is 4.74 Å². The number of hydrogen-bond donors (Lipinski definition) is 1. The molecular formula is C11H18N2O3. The predicted octanol–water partition coefficient (Wildman–Crippen LogP) is -0.0992. The van der Waals surface area contributed by atoms with Crippen molar-refractivity contribution in [3.8, 4) is 0 Å². The molecule has 2 aliphatic heterocycles. The van der Waals surface area contributed by atoms with Gasteiger partial charge in [-0.05, 0) is 20.3 Å². The largest absolute Gasteiger partial charge is 0.380 e. The number of imide groups is 1. The van der Waals surface area contributed by atoms with Crippen LogP contribution in [-0.4, -0.2) is 48.1 Å². The standard InChI is InChI=1S/C11H18N2O3/c1-7(2)13-10(14)5-9(11(13)15)12-8-3-4-16-6-8/h7-9,12H,3-6H2,1-2H3. The van der Waals surface area contributed by atoms with Gasteiger partial charge in [-0.25, -0.2) is 0 Å². The second-order valence-electron chi connectivity index (χ2n) is 4.68. The topological polar surface area (TPSA) is 58.6 Å². The Balaban J connectivity index is 1.97. The number of carbonyl (C=O) groups is 2. The molecule has 2 saturated heterocycles. The summed E-state index contributed by atoms with van der Waals surface area (Å²) in [5.41, 5.74) is 0. The van der Waals surface area contributed by atoms with Gasteiger partial charge < -0.3 is 10.1 Å². The molecule has 90 valence electrons. The van der Waals surface area contributed by atoms with Crippen LogP contribution >= 0.6 is 0 Å². The number of carbonyl (C=O) groups excluding carboxylic acids is 2. The van der Waals surface area contributed by atoms with E-state index in [2.05, 4.69) is 5.32 Å². The Labute approximate surface area is 95.1 Å². The van der Waals surface area contributed by atoms with Gasteiger partial charge in [0.15, 0.2) is 0 Å². The number of nitrogens with zero attached hydrogens (tertiary/aromatic N) is 1. The summed E-state index contributed by atoms with van der Waals surface area (Å²) in [4.78, 5) is 24.9. The number of amides is 2. The molecule has 2 fully saturated rings. The summed E-state index contributed by atoms with van der Waals surface area (Å²) in [5.74, 6) is -0.164. The van der Waals surface area contributed by atoms with Gasteiger partial charge in [0.2, 0.25) is 11.8 Å². The molecule has 2 rings (SSSR count). The van der Waals surface area contributed by atoms with Gasteiger partial charge in [0.05, 0.1) is 19.1 Å². The van der Waals surface area contributed by atoms with Gasteiger partial charge in [0.25, 0.3) is 0 Å².